The minimum atomic E-state index is 0.217. The molecule has 1 aromatic carbocycles. The second-order valence-electron chi connectivity index (χ2n) is 4.72. The van der Waals surface area contributed by atoms with E-state index in [4.69, 9.17) is 26.6 Å². The Morgan fingerprint density at radius 1 is 1.42 bits per heavy atom. The van der Waals surface area contributed by atoms with Crippen molar-refractivity contribution in [3.8, 4) is 17.1 Å². The molecule has 2 heterocycles. The highest BCUT2D eigenvalue weighted by molar-refractivity contribution is 6.32. The maximum absolute atomic E-state index is 6.22. The maximum atomic E-state index is 6.22. The third kappa shape index (κ3) is 2.52. The maximum Gasteiger partial charge on any atom is 0.169 e. The molecule has 1 aromatic heterocycles. The molecule has 0 saturated carbocycles. The number of halogens is 1. The number of nitrogens with two attached hydrogens (primary N) is 1. The molecule has 5 nitrogen and oxygen atoms in total. The molecule has 0 radical (unpaired) electrons. The van der Waals surface area contributed by atoms with Gasteiger partial charge in [0, 0.05) is 24.7 Å². The molecule has 1 saturated heterocycles. The van der Waals surface area contributed by atoms with Gasteiger partial charge in [-0.15, -0.1) is 0 Å². The molecule has 1 fully saturated rings. The van der Waals surface area contributed by atoms with Crippen LogP contribution in [0.25, 0.3) is 11.3 Å². The number of benzene rings is 1. The molecule has 3 rings (SSSR count). The fourth-order valence-electron chi connectivity index (χ4n) is 2.07. The van der Waals surface area contributed by atoms with E-state index < -0.39 is 0 Å². The van der Waals surface area contributed by atoms with E-state index in [-0.39, 0.29) is 6.10 Å². The lowest BCUT2D eigenvalue weighted by molar-refractivity contribution is 0.0389. The van der Waals surface area contributed by atoms with Gasteiger partial charge in [0.2, 0.25) is 0 Å². The van der Waals surface area contributed by atoms with E-state index in [0.29, 0.717) is 22.4 Å². The van der Waals surface area contributed by atoms with Gasteiger partial charge < -0.3 is 15.0 Å². The number of likely N-dealkylation sites (N-methyl/N-ethyl adjacent to an activating group) is 1. The van der Waals surface area contributed by atoms with E-state index in [1.807, 2.05) is 12.1 Å². The van der Waals surface area contributed by atoms with Crippen LogP contribution in [-0.4, -0.2) is 36.3 Å². The Kier molecular flexibility index (Phi) is 3.08. The summed E-state index contributed by atoms with van der Waals surface area (Å²) in [5, 5.41) is 4.20. The molecule has 0 unspecified atom stereocenters. The minimum absolute atomic E-state index is 0.217. The number of nitrogen functional groups attached to an aromatic ring is 1. The summed E-state index contributed by atoms with van der Waals surface area (Å²) in [5.74, 6) is 1.63. The quantitative estimate of drug-likeness (QED) is 0.934. The third-order valence-electron chi connectivity index (χ3n) is 3.07. The zero-order valence-corrected chi connectivity index (χ0v) is 11.2. The lowest BCUT2D eigenvalue weighted by atomic mass is 10.1. The van der Waals surface area contributed by atoms with Gasteiger partial charge in [-0.25, -0.2) is 0 Å². The number of likely N-dealkylation sites (tertiary alicyclic amines) is 1. The Morgan fingerprint density at radius 2 is 2.21 bits per heavy atom. The summed E-state index contributed by atoms with van der Waals surface area (Å²) in [5.41, 5.74) is 6.35. The molecule has 0 amide bonds. The molecule has 2 aromatic rings. The second kappa shape index (κ2) is 4.75. The molecule has 0 aliphatic carbocycles. The molecule has 100 valence electrons. The molecule has 2 N–H and O–H groups in total. The Bertz CT molecular complexity index is 593. The number of nitrogens with zero attached hydrogens (tertiary/aromatic N) is 2. The van der Waals surface area contributed by atoms with E-state index in [1.54, 1.807) is 12.1 Å². The molecular formula is C13H14ClN3O2. The fourth-order valence-corrected chi connectivity index (χ4v) is 2.30. The van der Waals surface area contributed by atoms with Crippen molar-refractivity contribution in [2.45, 2.75) is 6.10 Å². The van der Waals surface area contributed by atoms with E-state index in [9.17, 15) is 0 Å². The van der Waals surface area contributed by atoms with Crippen LogP contribution in [-0.2, 0) is 0 Å². The first kappa shape index (κ1) is 12.3. The summed E-state index contributed by atoms with van der Waals surface area (Å²) < 4.78 is 10.9. The van der Waals surface area contributed by atoms with Crippen molar-refractivity contribution in [3.63, 3.8) is 0 Å². The topological polar surface area (TPSA) is 64.5 Å². The van der Waals surface area contributed by atoms with Gasteiger partial charge in [0.1, 0.15) is 11.9 Å². The normalized spacial score (nSPS) is 16.3. The standard InChI is InChI=1S/C13H14ClN3O2/c1-17-6-9(7-17)18-11-3-2-8(4-10(11)14)12-5-13(15)16-19-12/h2-5,9H,6-7H2,1H3,(H2,15,16). The number of aromatic nitrogens is 1. The highest BCUT2D eigenvalue weighted by Crippen LogP contribution is 2.32. The van der Waals surface area contributed by atoms with Crippen LogP contribution in [0.3, 0.4) is 0 Å². The van der Waals surface area contributed by atoms with Gasteiger partial charge in [-0.2, -0.15) is 0 Å². The SMILES string of the molecule is CN1CC(Oc2ccc(-c3cc(N)no3)cc2Cl)C1. The van der Waals surface area contributed by atoms with E-state index in [0.717, 1.165) is 18.7 Å². The summed E-state index contributed by atoms with van der Waals surface area (Å²) in [6.45, 7) is 1.85. The molecule has 0 atom stereocenters. The number of rotatable bonds is 3. The molecule has 6 heteroatoms. The Hall–Kier alpha value is -1.72. The monoisotopic (exact) mass is 279 g/mol. The summed E-state index contributed by atoms with van der Waals surface area (Å²) in [6.07, 6.45) is 0.217. The largest absolute Gasteiger partial charge is 0.486 e. The number of ether oxygens (including phenoxy) is 1. The van der Waals surface area contributed by atoms with Gasteiger partial charge in [-0.05, 0) is 25.2 Å². The van der Waals surface area contributed by atoms with Crippen LogP contribution in [0.2, 0.25) is 5.02 Å². The number of hydrogen-bond donors (Lipinski definition) is 1. The van der Waals surface area contributed by atoms with Gasteiger partial charge in [0.25, 0.3) is 0 Å². The number of anilines is 1. The lowest BCUT2D eigenvalue weighted by Gasteiger charge is -2.36. The average molecular weight is 280 g/mol. The second-order valence-corrected chi connectivity index (χ2v) is 5.13. The molecule has 0 bridgehead atoms. The van der Waals surface area contributed by atoms with Crippen molar-refractivity contribution in [2.24, 2.45) is 0 Å². The van der Waals surface area contributed by atoms with Crippen molar-refractivity contribution in [3.05, 3.63) is 29.3 Å². The van der Waals surface area contributed by atoms with Gasteiger partial charge in [-0.3, -0.25) is 4.90 Å². The van der Waals surface area contributed by atoms with Crippen molar-refractivity contribution < 1.29 is 9.26 Å². The highest BCUT2D eigenvalue weighted by atomic mass is 35.5. The zero-order chi connectivity index (χ0) is 13.4. The predicted molar refractivity (Wildman–Crippen MR) is 73.3 cm³/mol. The first-order valence-corrected chi connectivity index (χ1v) is 6.37. The van der Waals surface area contributed by atoms with Crippen LogP contribution >= 0.6 is 11.6 Å². The molecule has 19 heavy (non-hydrogen) atoms. The summed E-state index contributed by atoms with van der Waals surface area (Å²) in [4.78, 5) is 2.18. The molecule has 1 aliphatic heterocycles. The summed E-state index contributed by atoms with van der Waals surface area (Å²) >= 11 is 6.22. The fraction of sp³-hybridized carbons (Fsp3) is 0.308. The smallest absolute Gasteiger partial charge is 0.169 e. The molecule has 1 aliphatic rings. The van der Waals surface area contributed by atoms with Crippen LogP contribution in [0, 0.1) is 0 Å². The Morgan fingerprint density at radius 3 is 2.79 bits per heavy atom. The average Bonchev–Trinajstić information content (AvgIpc) is 2.76. The Labute approximate surface area is 115 Å². The molecular weight excluding hydrogens is 266 g/mol. The van der Waals surface area contributed by atoms with Crippen molar-refractivity contribution in [2.75, 3.05) is 25.9 Å². The van der Waals surface area contributed by atoms with E-state index >= 15 is 0 Å². The van der Waals surface area contributed by atoms with Gasteiger partial charge in [-0.1, -0.05) is 16.8 Å². The molecule has 0 spiro atoms. The predicted octanol–water partition coefficient (Wildman–Crippen LogP) is 2.27. The highest BCUT2D eigenvalue weighted by Gasteiger charge is 2.25. The van der Waals surface area contributed by atoms with E-state index in [1.165, 1.54) is 0 Å². The van der Waals surface area contributed by atoms with Crippen molar-refractivity contribution in [1.82, 2.24) is 10.1 Å². The Balaban J connectivity index is 1.78. The summed E-state index contributed by atoms with van der Waals surface area (Å²) in [6, 6.07) is 7.17. The van der Waals surface area contributed by atoms with Crippen LogP contribution in [0.5, 0.6) is 5.75 Å². The van der Waals surface area contributed by atoms with Gasteiger partial charge in [0.05, 0.1) is 5.02 Å². The van der Waals surface area contributed by atoms with Crippen LogP contribution < -0.4 is 10.5 Å². The van der Waals surface area contributed by atoms with Crippen LogP contribution in [0.4, 0.5) is 5.82 Å². The van der Waals surface area contributed by atoms with Crippen LogP contribution in [0.1, 0.15) is 0 Å². The van der Waals surface area contributed by atoms with E-state index in [2.05, 4.69) is 17.1 Å². The van der Waals surface area contributed by atoms with Crippen molar-refractivity contribution in [1.29, 1.82) is 0 Å². The zero-order valence-electron chi connectivity index (χ0n) is 10.5. The van der Waals surface area contributed by atoms with Gasteiger partial charge >= 0.3 is 0 Å². The summed E-state index contributed by atoms with van der Waals surface area (Å²) in [7, 11) is 2.05. The van der Waals surface area contributed by atoms with Gasteiger partial charge in [0.15, 0.2) is 11.6 Å². The van der Waals surface area contributed by atoms with Crippen molar-refractivity contribution >= 4 is 17.4 Å². The minimum Gasteiger partial charge on any atom is -0.486 e. The number of hydrogen-bond acceptors (Lipinski definition) is 5. The third-order valence-corrected chi connectivity index (χ3v) is 3.36. The first-order chi connectivity index (χ1) is 9.11. The first-order valence-electron chi connectivity index (χ1n) is 5.99. The van der Waals surface area contributed by atoms with Crippen LogP contribution in [0.15, 0.2) is 28.8 Å². The lowest BCUT2D eigenvalue weighted by Crippen LogP contribution is -2.51.